The molecule has 298 valence electrons. The molecule has 3 aromatic heterocycles. The predicted octanol–water partition coefficient (Wildman–Crippen LogP) is 13.1. The molecule has 0 radical (unpaired) electrons. The number of rotatable bonds is 7. The Morgan fingerprint density at radius 3 is 1.76 bits per heavy atom. The summed E-state index contributed by atoms with van der Waals surface area (Å²) < 4.78 is 7.12. The lowest BCUT2D eigenvalue weighted by atomic mass is 9.95. The lowest BCUT2D eigenvalue weighted by molar-refractivity contribution is 0.656. The molecule has 1 aliphatic heterocycles. The van der Waals surface area contributed by atoms with Crippen LogP contribution in [0.1, 0.15) is 23.6 Å². The number of aliphatic imine (C=N–C) groups is 2. The lowest BCUT2D eigenvalue weighted by Crippen LogP contribution is -2.23. The second kappa shape index (κ2) is 13.7. The number of hydrogen-bond donors (Lipinski definition) is 0. The van der Waals surface area contributed by atoms with Crippen LogP contribution in [0.2, 0.25) is 0 Å². The molecule has 2 unspecified atom stereocenters. The second-order valence-electron chi connectivity index (χ2n) is 16.8. The Balaban J connectivity index is 1.07. The Morgan fingerprint density at radius 2 is 1.05 bits per heavy atom. The largest absolute Gasteiger partial charge is 0.309 e. The third-order valence-corrected chi connectivity index (χ3v) is 13.5. The van der Waals surface area contributed by atoms with Crippen molar-refractivity contribution in [2.45, 2.75) is 12.5 Å². The van der Waals surface area contributed by atoms with Crippen molar-refractivity contribution in [2.24, 2.45) is 21.8 Å². The van der Waals surface area contributed by atoms with Crippen LogP contribution < -0.4 is 0 Å². The van der Waals surface area contributed by atoms with Gasteiger partial charge in [0.25, 0.3) is 0 Å². The van der Waals surface area contributed by atoms with Crippen molar-refractivity contribution in [2.75, 3.05) is 0 Å². The van der Waals surface area contributed by atoms with Crippen LogP contribution in [0.25, 0.3) is 72.3 Å². The minimum absolute atomic E-state index is 0.211. The van der Waals surface area contributed by atoms with Gasteiger partial charge in [0.2, 0.25) is 0 Å². The molecule has 63 heavy (non-hydrogen) atoms. The molecule has 1 fully saturated rings. The Labute approximate surface area is 364 Å². The van der Waals surface area contributed by atoms with Gasteiger partial charge in [-0.3, -0.25) is 14.1 Å². The second-order valence-corrected chi connectivity index (χ2v) is 16.8. The van der Waals surface area contributed by atoms with Gasteiger partial charge >= 0.3 is 0 Å². The van der Waals surface area contributed by atoms with Crippen molar-refractivity contribution in [3.05, 3.63) is 229 Å². The molecule has 6 heteroatoms. The highest BCUT2D eigenvalue weighted by atomic mass is 15.2. The number of hydrogen-bond acceptors (Lipinski definition) is 3. The first-order chi connectivity index (χ1) is 31.2. The maximum Gasteiger partial charge on any atom is 0.165 e. The van der Waals surface area contributed by atoms with Crippen LogP contribution in [0.4, 0.5) is 0 Å². The van der Waals surface area contributed by atoms with Gasteiger partial charge in [0.1, 0.15) is 16.9 Å². The predicted molar refractivity (Wildman–Crippen MR) is 258 cm³/mol. The molecule has 0 amide bonds. The van der Waals surface area contributed by atoms with Crippen LogP contribution in [-0.2, 0) is 5.54 Å². The summed E-state index contributed by atoms with van der Waals surface area (Å²) in [4.78, 5) is 16.6. The van der Waals surface area contributed by atoms with Crippen molar-refractivity contribution >= 4 is 55.4 Å². The van der Waals surface area contributed by atoms with E-state index in [1.54, 1.807) is 0 Å². The molecule has 0 bridgehead atoms. The molecule has 6 nitrogen and oxygen atoms in total. The fourth-order valence-corrected chi connectivity index (χ4v) is 10.6. The van der Waals surface area contributed by atoms with Gasteiger partial charge < -0.3 is 4.57 Å². The maximum atomic E-state index is 5.61. The van der Waals surface area contributed by atoms with Crippen LogP contribution in [-0.4, -0.2) is 30.2 Å². The van der Waals surface area contributed by atoms with Gasteiger partial charge in [-0.05, 0) is 71.6 Å². The minimum atomic E-state index is -0.363. The molecule has 0 spiro atoms. The first kappa shape index (κ1) is 35.6. The summed E-state index contributed by atoms with van der Waals surface area (Å²) in [6, 6.07) is 75.5. The summed E-state index contributed by atoms with van der Waals surface area (Å²) in [6.45, 7) is 2.33. The zero-order valence-electron chi connectivity index (χ0n) is 34.5. The molecule has 4 heterocycles. The number of imidazole rings is 1. The summed E-state index contributed by atoms with van der Waals surface area (Å²) in [7, 11) is 0. The molecule has 1 aliphatic carbocycles. The average molecular weight is 809 g/mol. The molecule has 2 aliphatic rings. The van der Waals surface area contributed by atoms with E-state index in [0.717, 1.165) is 84.2 Å². The van der Waals surface area contributed by atoms with Gasteiger partial charge in [-0.15, -0.1) is 0 Å². The van der Waals surface area contributed by atoms with Gasteiger partial charge in [-0.25, -0.2) is 9.98 Å². The summed E-state index contributed by atoms with van der Waals surface area (Å²) in [6.07, 6.45) is 0. The number of amidine groups is 1. The zero-order valence-corrected chi connectivity index (χ0v) is 34.5. The molecule has 1 saturated carbocycles. The summed E-state index contributed by atoms with van der Waals surface area (Å²) in [5, 5.41) is 3.48. The number of aromatic nitrogens is 4. The average Bonchev–Trinajstić information content (AvgIpc) is 3.61. The number of para-hydroxylation sites is 3. The standard InChI is InChI=1S/C57H40N6/c1-37-50-51(38-20-7-2-8-21-38)58-54(60-57(37,50)41-25-11-4-12-26-41)40-24-19-31-44(36-40)61-47-33-18-17-32-45(47)49-48(61)35-34-46-52(49)62(42-27-13-5-14-28-42)56-53(46)63(43-29-15-6-16-30-43)55(59-56)39-22-9-3-10-23-39/h2-37,50H,1H3/t37?,50?,57-/m1/s1. The number of benzene rings is 8. The van der Waals surface area contributed by atoms with E-state index >= 15 is 0 Å². The topological polar surface area (TPSA) is 52.4 Å². The molecule has 11 aromatic rings. The molecule has 3 atom stereocenters. The lowest BCUT2D eigenvalue weighted by Gasteiger charge is -2.21. The van der Waals surface area contributed by atoms with Crippen molar-refractivity contribution in [3.8, 4) is 28.5 Å². The van der Waals surface area contributed by atoms with E-state index < -0.39 is 0 Å². The van der Waals surface area contributed by atoms with Crippen molar-refractivity contribution in [1.29, 1.82) is 0 Å². The fraction of sp³-hybridized carbons (Fsp3) is 0.0702. The van der Waals surface area contributed by atoms with Gasteiger partial charge in [-0.1, -0.05) is 165 Å². The van der Waals surface area contributed by atoms with Gasteiger partial charge in [0.05, 0.1) is 22.3 Å². The van der Waals surface area contributed by atoms with E-state index in [1.165, 1.54) is 16.3 Å². The van der Waals surface area contributed by atoms with Gasteiger partial charge in [0, 0.05) is 50.3 Å². The highest BCUT2D eigenvalue weighted by Crippen LogP contribution is 2.63. The highest BCUT2D eigenvalue weighted by Gasteiger charge is 2.67. The summed E-state index contributed by atoms with van der Waals surface area (Å²) >= 11 is 0. The Kier molecular flexibility index (Phi) is 7.76. The zero-order chi connectivity index (χ0) is 41.6. The Morgan fingerprint density at radius 1 is 0.460 bits per heavy atom. The molecule has 0 N–H and O–H groups in total. The molecule has 13 rings (SSSR count). The van der Waals surface area contributed by atoms with Crippen LogP contribution in [0, 0.1) is 11.8 Å². The van der Waals surface area contributed by atoms with E-state index in [9.17, 15) is 0 Å². The van der Waals surface area contributed by atoms with E-state index in [0.29, 0.717) is 5.92 Å². The SMILES string of the molecule is CC1C2C(c3ccccc3)=NC(c3cccc(-n4c5ccccc5c5c4ccc4c6c(nc(-c7ccccc7)n6-c6ccccc6)n(-c6ccccc6)c45)c3)=N[C@@]12c1ccccc1. The summed E-state index contributed by atoms with van der Waals surface area (Å²) in [5.74, 6) is 2.20. The molecule has 8 aromatic carbocycles. The quantitative estimate of drug-likeness (QED) is 0.158. The monoisotopic (exact) mass is 808 g/mol. The first-order valence-electron chi connectivity index (χ1n) is 21.7. The van der Waals surface area contributed by atoms with Crippen molar-refractivity contribution < 1.29 is 0 Å². The normalized spacial score (nSPS) is 18.2. The van der Waals surface area contributed by atoms with E-state index in [-0.39, 0.29) is 11.5 Å². The van der Waals surface area contributed by atoms with Crippen LogP contribution in [0.3, 0.4) is 0 Å². The Hall–Kier alpha value is -8.09. The first-order valence-corrected chi connectivity index (χ1v) is 21.7. The number of fused-ring (bicyclic) bond motifs is 8. The fourth-order valence-electron chi connectivity index (χ4n) is 10.6. The third-order valence-electron chi connectivity index (χ3n) is 13.5. The van der Waals surface area contributed by atoms with Gasteiger partial charge in [-0.2, -0.15) is 0 Å². The minimum Gasteiger partial charge on any atom is -0.309 e. The van der Waals surface area contributed by atoms with E-state index in [2.05, 4.69) is 233 Å². The van der Waals surface area contributed by atoms with Crippen LogP contribution in [0.5, 0.6) is 0 Å². The molecular weight excluding hydrogens is 769 g/mol. The highest BCUT2D eigenvalue weighted by molar-refractivity contribution is 6.26. The number of nitrogens with zero attached hydrogens (tertiary/aromatic N) is 6. The Bertz CT molecular complexity index is 3620. The van der Waals surface area contributed by atoms with Crippen molar-refractivity contribution in [3.63, 3.8) is 0 Å². The van der Waals surface area contributed by atoms with Gasteiger partial charge in [0.15, 0.2) is 11.5 Å². The molecule has 0 saturated heterocycles. The van der Waals surface area contributed by atoms with Crippen LogP contribution >= 0.6 is 0 Å². The molecular formula is C57H40N6. The third kappa shape index (κ3) is 5.21. The van der Waals surface area contributed by atoms with Crippen molar-refractivity contribution in [1.82, 2.24) is 18.7 Å². The summed E-state index contributed by atoms with van der Waals surface area (Å²) in [5.41, 5.74) is 13.7. The van der Waals surface area contributed by atoms with E-state index in [4.69, 9.17) is 15.0 Å². The van der Waals surface area contributed by atoms with Crippen LogP contribution in [0.15, 0.2) is 222 Å². The maximum absolute atomic E-state index is 5.61. The van der Waals surface area contributed by atoms with E-state index in [1.807, 2.05) is 0 Å². The smallest absolute Gasteiger partial charge is 0.165 e.